The van der Waals surface area contributed by atoms with Crippen molar-refractivity contribution in [3.63, 3.8) is 0 Å². The van der Waals surface area contributed by atoms with Crippen LogP contribution < -0.4 is 10.2 Å². The van der Waals surface area contributed by atoms with Gasteiger partial charge in [0.2, 0.25) is 0 Å². The fraction of sp³-hybridized carbons (Fsp3) is 0.688. The Hall–Kier alpha value is -1.13. The molecular formula is C16H25N3O. The molecule has 110 valence electrons. The van der Waals surface area contributed by atoms with Crippen molar-refractivity contribution in [3.05, 3.63) is 22.9 Å². The van der Waals surface area contributed by atoms with Crippen molar-refractivity contribution in [1.82, 2.24) is 10.3 Å². The van der Waals surface area contributed by atoms with Crippen LogP contribution in [0.15, 0.2) is 6.07 Å². The third kappa shape index (κ3) is 2.67. The molecule has 0 saturated carbocycles. The van der Waals surface area contributed by atoms with E-state index in [0.29, 0.717) is 12.2 Å². The maximum Gasteiger partial charge on any atom is 0.133 e. The molecule has 2 atom stereocenters. The van der Waals surface area contributed by atoms with Gasteiger partial charge in [0.1, 0.15) is 5.82 Å². The molecule has 0 amide bonds. The van der Waals surface area contributed by atoms with Gasteiger partial charge in [-0.05, 0) is 44.9 Å². The van der Waals surface area contributed by atoms with E-state index < -0.39 is 0 Å². The second-order valence-corrected chi connectivity index (χ2v) is 6.03. The topological polar surface area (TPSA) is 37.4 Å². The Balaban J connectivity index is 1.90. The molecule has 0 aromatic carbocycles. The lowest BCUT2D eigenvalue weighted by Gasteiger charge is -2.34. The van der Waals surface area contributed by atoms with Crippen molar-refractivity contribution < 1.29 is 4.74 Å². The molecule has 2 bridgehead atoms. The molecule has 2 aliphatic heterocycles. The van der Waals surface area contributed by atoms with Crippen LogP contribution in [-0.4, -0.2) is 36.8 Å². The standard InChI is InChI=1S/C16H25N3O/c1-4-17-8-15-11(2)7-12(3)18-16(15)19-9-13-5-6-14(10-19)20-13/h7,13-14,17H,4-6,8-10H2,1-3H3. The molecular weight excluding hydrogens is 250 g/mol. The monoisotopic (exact) mass is 275 g/mol. The highest BCUT2D eigenvalue weighted by atomic mass is 16.5. The second kappa shape index (κ2) is 5.70. The first-order valence-corrected chi connectivity index (χ1v) is 7.75. The van der Waals surface area contributed by atoms with E-state index in [9.17, 15) is 0 Å². The largest absolute Gasteiger partial charge is 0.371 e. The third-order valence-electron chi connectivity index (χ3n) is 4.35. The summed E-state index contributed by atoms with van der Waals surface area (Å²) in [6, 6.07) is 2.19. The first kappa shape index (κ1) is 13.8. The molecule has 0 spiro atoms. The summed E-state index contributed by atoms with van der Waals surface area (Å²) in [6.07, 6.45) is 3.22. The maximum atomic E-state index is 5.95. The number of morpholine rings is 1. The molecule has 3 heterocycles. The summed E-state index contributed by atoms with van der Waals surface area (Å²) in [6.45, 7) is 10.3. The number of anilines is 1. The number of ether oxygens (including phenoxy) is 1. The number of nitrogens with one attached hydrogen (secondary N) is 1. The number of nitrogens with zero attached hydrogens (tertiary/aromatic N) is 2. The SMILES string of the molecule is CCNCc1c(C)cc(C)nc1N1CC2CCC(C1)O2. The lowest BCUT2D eigenvalue weighted by Crippen LogP contribution is -2.43. The van der Waals surface area contributed by atoms with Crippen molar-refractivity contribution in [2.45, 2.75) is 52.4 Å². The molecule has 1 aromatic rings. The van der Waals surface area contributed by atoms with E-state index in [1.165, 1.54) is 29.8 Å². The smallest absolute Gasteiger partial charge is 0.133 e. The highest BCUT2D eigenvalue weighted by Gasteiger charge is 2.35. The summed E-state index contributed by atoms with van der Waals surface area (Å²) in [7, 11) is 0. The zero-order valence-electron chi connectivity index (χ0n) is 12.8. The van der Waals surface area contributed by atoms with E-state index >= 15 is 0 Å². The Kier molecular flexibility index (Phi) is 3.94. The normalized spacial score (nSPS) is 25.2. The number of pyridine rings is 1. The molecule has 4 nitrogen and oxygen atoms in total. The van der Waals surface area contributed by atoms with Crippen molar-refractivity contribution in [3.8, 4) is 0 Å². The molecule has 2 aliphatic rings. The van der Waals surface area contributed by atoms with Crippen LogP contribution in [0.1, 0.15) is 36.6 Å². The number of fused-ring (bicyclic) bond motifs is 2. The van der Waals surface area contributed by atoms with Crippen LogP contribution in [-0.2, 0) is 11.3 Å². The molecule has 0 radical (unpaired) electrons. The summed E-state index contributed by atoms with van der Waals surface area (Å²) in [5.74, 6) is 1.17. The average Bonchev–Trinajstić information content (AvgIpc) is 2.76. The Morgan fingerprint density at radius 1 is 1.30 bits per heavy atom. The minimum Gasteiger partial charge on any atom is -0.371 e. The summed E-state index contributed by atoms with van der Waals surface area (Å²) < 4.78 is 5.95. The van der Waals surface area contributed by atoms with Crippen LogP contribution in [0.2, 0.25) is 0 Å². The van der Waals surface area contributed by atoms with E-state index in [1.54, 1.807) is 0 Å². The van der Waals surface area contributed by atoms with Gasteiger partial charge >= 0.3 is 0 Å². The van der Waals surface area contributed by atoms with Crippen molar-refractivity contribution in [1.29, 1.82) is 0 Å². The Morgan fingerprint density at radius 2 is 2.00 bits per heavy atom. The molecule has 1 aromatic heterocycles. The van der Waals surface area contributed by atoms with E-state index in [0.717, 1.165) is 31.9 Å². The van der Waals surface area contributed by atoms with Crippen LogP contribution in [0.5, 0.6) is 0 Å². The predicted molar refractivity (Wildman–Crippen MR) is 81.2 cm³/mol. The second-order valence-electron chi connectivity index (χ2n) is 6.03. The summed E-state index contributed by atoms with van der Waals surface area (Å²) >= 11 is 0. The number of hydrogen-bond acceptors (Lipinski definition) is 4. The minimum absolute atomic E-state index is 0.406. The molecule has 2 saturated heterocycles. The van der Waals surface area contributed by atoms with Crippen LogP contribution in [0.3, 0.4) is 0 Å². The number of rotatable bonds is 4. The van der Waals surface area contributed by atoms with Gasteiger partial charge in [-0.15, -0.1) is 0 Å². The van der Waals surface area contributed by atoms with E-state index in [2.05, 4.69) is 37.1 Å². The fourth-order valence-corrected chi connectivity index (χ4v) is 3.36. The van der Waals surface area contributed by atoms with Crippen LogP contribution in [0, 0.1) is 13.8 Å². The van der Waals surface area contributed by atoms with Crippen molar-refractivity contribution >= 4 is 5.82 Å². The first-order chi connectivity index (χ1) is 9.67. The molecule has 3 rings (SSSR count). The molecule has 20 heavy (non-hydrogen) atoms. The Labute approximate surface area is 121 Å². The van der Waals surface area contributed by atoms with Crippen LogP contribution in [0.4, 0.5) is 5.82 Å². The van der Waals surface area contributed by atoms with Gasteiger partial charge in [-0.1, -0.05) is 6.92 Å². The van der Waals surface area contributed by atoms with Crippen LogP contribution >= 0.6 is 0 Å². The third-order valence-corrected chi connectivity index (χ3v) is 4.35. The summed E-state index contributed by atoms with van der Waals surface area (Å²) in [4.78, 5) is 7.28. The molecule has 2 unspecified atom stereocenters. The van der Waals surface area contributed by atoms with Crippen molar-refractivity contribution in [2.75, 3.05) is 24.5 Å². The molecule has 4 heteroatoms. The highest BCUT2D eigenvalue weighted by Crippen LogP contribution is 2.31. The van der Waals surface area contributed by atoms with Crippen LogP contribution in [0.25, 0.3) is 0 Å². The lowest BCUT2D eigenvalue weighted by molar-refractivity contribution is 0.0301. The highest BCUT2D eigenvalue weighted by molar-refractivity contribution is 5.52. The number of hydrogen-bond donors (Lipinski definition) is 1. The first-order valence-electron chi connectivity index (χ1n) is 7.75. The van der Waals surface area contributed by atoms with Gasteiger partial charge in [0.05, 0.1) is 12.2 Å². The molecule has 0 aliphatic carbocycles. The van der Waals surface area contributed by atoms with E-state index in [1.807, 2.05) is 0 Å². The Bertz CT molecular complexity index is 477. The lowest BCUT2D eigenvalue weighted by atomic mass is 10.1. The minimum atomic E-state index is 0.406. The van der Waals surface area contributed by atoms with Crippen molar-refractivity contribution in [2.24, 2.45) is 0 Å². The summed E-state index contributed by atoms with van der Waals surface area (Å²) in [5, 5.41) is 3.44. The van der Waals surface area contributed by atoms with Gasteiger partial charge in [0.15, 0.2) is 0 Å². The zero-order valence-corrected chi connectivity index (χ0v) is 12.8. The van der Waals surface area contributed by atoms with Gasteiger partial charge in [0.25, 0.3) is 0 Å². The molecule has 2 fully saturated rings. The molecule has 1 N–H and O–H groups in total. The zero-order chi connectivity index (χ0) is 14.1. The van der Waals surface area contributed by atoms with Gasteiger partial charge < -0.3 is 15.0 Å². The van der Waals surface area contributed by atoms with Gasteiger partial charge in [-0.3, -0.25) is 0 Å². The average molecular weight is 275 g/mol. The maximum absolute atomic E-state index is 5.95. The predicted octanol–water partition coefficient (Wildman–Crippen LogP) is 2.18. The van der Waals surface area contributed by atoms with Gasteiger partial charge in [0, 0.05) is 30.9 Å². The number of aryl methyl sites for hydroxylation is 2. The quantitative estimate of drug-likeness (QED) is 0.914. The number of aromatic nitrogens is 1. The van der Waals surface area contributed by atoms with E-state index in [4.69, 9.17) is 9.72 Å². The summed E-state index contributed by atoms with van der Waals surface area (Å²) in [5.41, 5.74) is 3.79. The Morgan fingerprint density at radius 3 is 2.65 bits per heavy atom. The van der Waals surface area contributed by atoms with Gasteiger partial charge in [-0.25, -0.2) is 4.98 Å². The van der Waals surface area contributed by atoms with Gasteiger partial charge in [-0.2, -0.15) is 0 Å². The fourth-order valence-electron chi connectivity index (χ4n) is 3.36. The van der Waals surface area contributed by atoms with E-state index in [-0.39, 0.29) is 0 Å².